The van der Waals surface area contributed by atoms with Gasteiger partial charge in [0.25, 0.3) is 5.91 Å². The summed E-state index contributed by atoms with van der Waals surface area (Å²) >= 11 is 0. The van der Waals surface area contributed by atoms with E-state index in [9.17, 15) is 29.3 Å². The first-order valence-corrected chi connectivity index (χ1v) is 8.83. The van der Waals surface area contributed by atoms with Crippen LogP contribution in [0.5, 0.6) is 5.75 Å². The molecule has 2 N–H and O–H groups in total. The van der Waals surface area contributed by atoms with Crippen molar-refractivity contribution in [2.45, 2.75) is 11.3 Å². The van der Waals surface area contributed by atoms with E-state index in [0.29, 0.717) is 12.0 Å². The van der Waals surface area contributed by atoms with Crippen molar-refractivity contribution in [3.63, 3.8) is 0 Å². The summed E-state index contributed by atoms with van der Waals surface area (Å²) in [4.78, 5) is 10.0. The van der Waals surface area contributed by atoms with Gasteiger partial charge in [-0.2, -0.15) is 0 Å². The number of carbonyl (C=O) groups is 1. The van der Waals surface area contributed by atoms with Gasteiger partial charge in [-0.15, -0.1) is 6.58 Å². The summed E-state index contributed by atoms with van der Waals surface area (Å²) in [5.41, 5.74) is 0.513. The fraction of sp³-hybridized carbons (Fsp3) is 0.0625. The van der Waals surface area contributed by atoms with Gasteiger partial charge in [-0.3, -0.25) is 4.79 Å². The van der Waals surface area contributed by atoms with Crippen LogP contribution in [-0.2, 0) is 6.42 Å². The Morgan fingerprint density at radius 2 is 1.68 bits per heavy atom. The van der Waals surface area contributed by atoms with E-state index in [1.54, 1.807) is 6.08 Å². The maximum Gasteiger partial charge on any atom is 0.310 e. The van der Waals surface area contributed by atoms with Crippen molar-refractivity contribution in [2.24, 2.45) is 0 Å². The summed E-state index contributed by atoms with van der Waals surface area (Å²) in [6.07, 6.45) is 1.96. The fourth-order valence-electron chi connectivity index (χ4n) is 2.03. The molecule has 0 radical (unpaired) electrons. The van der Waals surface area contributed by atoms with Crippen molar-refractivity contribution in [3.05, 3.63) is 66.2 Å². The average Bonchev–Trinajstić information content (AvgIpc) is 2.47. The number of carbonyl (C=O) groups excluding carboxylic acids is 1. The first kappa shape index (κ1) is 18.8. The predicted molar refractivity (Wildman–Crippen MR) is 87.8 cm³/mol. The first-order chi connectivity index (χ1) is 11.3. The number of allylic oxidation sites excluding steroid dienone is 1. The standard InChI is InChI=1S/C16H14F5NO2S/c1-2-3-11-4-5-12(10-15(11)23)16(24)22-13-6-8-14(9-7-13)25(17,18,19,20)21/h2,4-10,23H,1,3H2,(H,22,24). The molecule has 136 valence electrons. The predicted octanol–water partition coefficient (Wildman–Crippen LogP) is 6.03. The number of hydrogen-bond acceptors (Lipinski definition) is 2. The highest BCUT2D eigenvalue weighted by Crippen LogP contribution is 3.02. The molecule has 3 nitrogen and oxygen atoms in total. The van der Waals surface area contributed by atoms with Crippen LogP contribution in [0.3, 0.4) is 0 Å². The summed E-state index contributed by atoms with van der Waals surface area (Å²) in [6, 6.07) is 6.00. The maximum absolute atomic E-state index is 12.6. The number of anilines is 1. The van der Waals surface area contributed by atoms with Gasteiger partial charge in [0, 0.05) is 11.3 Å². The second-order valence-electron chi connectivity index (χ2n) is 5.28. The van der Waals surface area contributed by atoms with Gasteiger partial charge < -0.3 is 10.4 Å². The Morgan fingerprint density at radius 1 is 1.08 bits per heavy atom. The lowest BCUT2D eigenvalue weighted by molar-refractivity contribution is 0.102. The highest BCUT2D eigenvalue weighted by Gasteiger charge is 2.65. The van der Waals surface area contributed by atoms with Gasteiger partial charge >= 0.3 is 10.2 Å². The number of phenols is 1. The zero-order valence-electron chi connectivity index (χ0n) is 12.7. The van der Waals surface area contributed by atoms with Crippen LogP contribution in [-0.4, -0.2) is 11.0 Å². The Bertz CT molecular complexity index is 832. The molecule has 1 amide bonds. The van der Waals surface area contributed by atoms with E-state index in [0.717, 1.165) is 12.1 Å². The number of halogens is 5. The molecule has 0 saturated heterocycles. The van der Waals surface area contributed by atoms with E-state index < -0.39 is 21.0 Å². The molecule has 0 saturated carbocycles. The molecule has 0 aliphatic heterocycles. The van der Waals surface area contributed by atoms with Gasteiger partial charge in [0.15, 0.2) is 0 Å². The van der Waals surface area contributed by atoms with Crippen molar-refractivity contribution in [1.29, 1.82) is 0 Å². The topological polar surface area (TPSA) is 49.3 Å². The van der Waals surface area contributed by atoms with Crippen LogP contribution < -0.4 is 5.32 Å². The molecule has 25 heavy (non-hydrogen) atoms. The molecule has 9 heteroatoms. The van der Waals surface area contributed by atoms with E-state index in [1.807, 2.05) is 0 Å². The van der Waals surface area contributed by atoms with E-state index in [-0.39, 0.29) is 29.1 Å². The molecular formula is C16H14F5NO2S. The van der Waals surface area contributed by atoms with Crippen LogP contribution >= 0.6 is 10.2 Å². The smallest absolute Gasteiger partial charge is 0.310 e. The van der Waals surface area contributed by atoms with E-state index in [1.165, 1.54) is 18.2 Å². The number of hydrogen-bond donors (Lipinski definition) is 2. The number of benzene rings is 2. The molecule has 0 spiro atoms. The summed E-state index contributed by atoms with van der Waals surface area (Å²) < 4.78 is 63.1. The van der Waals surface area contributed by atoms with Gasteiger partial charge in [0.2, 0.25) is 0 Å². The third-order valence-corrected chi connectivity index (χ3v) is 4.43. The molecular weight excluding hydrogens is 365 g/mol. The number of rotatable bonds is 5. The summed E-state index contributed by atoms with van der Waals surface area (Å²) in [7, 11) is -9.74. The van der Waals surface area contributed by atoms with E-state index in [2.05, 4.69) is 11.9 Å². The van der Waals surface area contributed by atoms with Crippen molar-refractivity contribution in [3.8, 4) is 5.75 Å². The van der Waals surface area contributed by atoms with Crippen LogP contribution in [0.2, 0.25) is 0 Å². The third-order valence-electron chi connectivity index (χ3n) is 3.27. The molecule has 2 aromatic carbocycles. The number of phenolic OH excluding ortho intramolecular Hbond substituents is 1. The van der Waals surface area contributed by atoms with Gasteiger partial charge in [-0.1, -0.05) is 31.6 Å². The largest absolute Gasteiger partial charge is 0.508 e. The summed E-state index contributed by atoms with van der Waals surface area (Å²) in [5.74, 6) is -0.843. The molecule has 2 aromatic rings. The van der Waals surface area contributed by atoms with Crippen LogP contribution in [0.15, 0.2) is 60.0 Å². The zero-order valence-corrected chi connectivity index (χ0v) is 13.5. The number of nitrogens with one attached hydrogen (secondary N) is 1. The molecule has 0 aromatic heterocycles. The second-order valence-corrected chi connectivity index (χ2v) is 7.69. The minimum absolute atomic E-state index is 0.0575. The fourth-order valence-corrected chi connectivity index (χ4v) is 2.68. The van der Waals surface area contributed by atoms with Gasteiger partial charge in [-0.25, -0.2) is 0 Å². The van der Waals surface area contributed by atoms with Crippen molar-refractivity contribution < 1.29 is 29.3 Å². The number of amides is 1. The first-order valence-electron chi connectivity index (χ1n) is 6.88. The lowest BCUT2D eigenvalue weighted by Gasteiger charge is -2.40. The Labute approximate surface area is 140 Å². The molecule has 0 bridgehead atoms. The van der Waals surface area contributed by atoms with E-state index >= 15 is 0 Å². The second kappa shape index (κ2) is 5.48. The van der Waals surface area contributed by atoms with Crippen molar-refractivity contribution >= 4 is 21.8 Å². The zero-order chi connectivity index (χ0) is 18.9. The van der Waals surface area contributed by atoms with Crippen molar-refractivity contribution in [1.82, 2.24) is 0 Å². The van der Waals surface area contributed by atoms with Crippen molar-refractivity contribution in [2.75, 3.05) is 5.32 Å². The highest BCUT2D eigenvalue weighted by atomic mass is 32.5. The third kappa shape index (κ3) is 4.72. The SMILES string of the molecule is C=CCc1ccc(C(=O)Nc2ccc(S(F)(F)(F)(F)F)cc2)cc1O. The Kier molecular flexibility index (Phi) is 4.12. The van der Waals surface area contributed by atoms with Gasteiger partial charge in [0.05, 0.1) is 0 Å². The molecule has 0 heterocycles. The maximum atomic E-state index is 12.6. The Balaban J connectivity index is 2.19. The normalized spacial score (nSPS) is 14.3. The Morgan fingerprint density at radius 3 is 2.16 bits per heavy atom. The summed E-state index contributed by atoms with van der Waals surface area (Å²) in [5, 5.41) is 12.1. The monoisotopic (exact) mass is 379 g/mol. The highest BCUT2D eigenvalue weighted by molar-refractivity contribution is 8.45. The van der Waals surface area contributed by atoms with Gasteiger partial charge in [0.1, 0.15) is 10.6 Å². The minimum Gasteiger partial charge on any atom is -0.508 e. The van der Waals surface area contributed by atoms with Crippen LogP contribution in [0.4, 0.5) is 25.1 Å². The molecule has 0 aliphatic rings. The van der Waals surface area contributed by atoms with E-state index in [4.69, 9.17) is 0 Å². The summed E-state index contributed by atoms with van der Waals surface area (Å²) in [6.45, 7) is 3.52. The quantitative estimate of drug-likeness (QED) is 0.492. The minimum atomic E-state index is -9.74. The molecule has 0 aliphatic carbocycles. The lowest BCUT2D eigenvalue weighted by Crippen LogP contribution is -2.12. The molecule has 0 unspecified atom stereocenters. The van der Waals surface area contributed by atoms with Crippen LogP contribution in [0.25, 0.3) is 0 Å². The van der Waals surface area contributed by atoms with Crippen LogP contribution in [0.1, 0.15) is 15.9 Å². The van der Waals surface area contributed by atoms with Crippen LogP contribution in [0, 0.1) is 0 Å². The molecule has 2 rings (SSSR count). The molecule has 0 atom stereocenters. The molecule has 0 fully saturated rings. The average molecular weight is 379 g/mol. The number of aromatic hydroxyl groups is 1. The van der Waals surface area contributed by atoms with Gasteiger partial charge in [-0.05, 0) is 48.4 Å². The lowest BCUT2D eigenvalue weighted by atomic mass is 10.1. The Hall–Kier alpha value is -2.55.